The summed E-state index contributed by atoms with van der Waals surface area (Å²) in [6.07, 6.45) is 6.14. The normalized spacial score (nSPS) is 12.4. The molecule has 15 heavy (non-hydrogen) atoms. The molecule has 0 aliphatic rings. The second-order valence-electron chi connectivity index (χ2n) is 3.50. The fraction of sp³-hybridized carbons (Fsp3) is 0.600. The summed E-state index contributed by atoms with van der Waals surface area (Å²) in [4.78, 5) is 18.4. The van der Waals surface area contributed by atoms with Crippen LogP contribution in [0.15, 0.2) is 12.4 Å². The van der Waals surface area contributed by atoms with Crippen LogP contribution in [-0.4, -0.2) is 21.9 Å². The number of unbranched alkanes of at least 4 members (excludes halogenated alkanes) is 1. The van der Waals surface area contributed by atoms with Crippen molar-refractivity contribution >= 4 is 5.91 Å². The lowest BCUT2D eigenvalue weighted by molar-refractivity contribution is -0.122. The zero-order valence-electron chi connectivity index (χ0n) is 8.99. The minimum atomic E-state index is -0.403. The first-order chi connectivity index (χ1) is 7.24. The van der Waals surface area contributed by atoms with E-state index in [1.807, 2.05) is 0 Å². The maximum Gasteiger partial charge on any atom is 0.237 e. The predicted molar refractivity (Wildman–Crippen MR) is 57.9 cm³/mol. The van der Waals surface area contributed by atoms with Crippen molar-refractivity contribution in [3.05, 3.63) is 18.2 Å². The van der Waals surface area contributed by atoms with Gasteiger partial charge in [-0.15, -0.1) is 0 Å². The monoisotopic (exact) mass is 210 g/mol. The van der Waals surface area contributed by atoms with Gasteiger partial charge >= 0.3 is 0 Å². The molecule has 1 atom stereocenters. The van der Waals surface area contributed by atoms with E-state index in [9.17, 15) is 4.79 Å². The van der Waals surface area contributed by atoms with Gasteiger partial charge in [-0.25, -0.2) is 4.98 Å². The Kier molecular flexibility index (Phi) is 4.83. The average Bonchev–Trinajstić information content (AvgIpc) is 2.75. The molecule has 1 aromatic heterocycles. The molecule has 0 fully saturated rings. The molecule has 5 heteroatoms. The molecule has 0 aliphatic carbocycles. The number of nitrogens with one attached hydrogen (secondary N) is 2. The largest absolute Gasteiger partial charge is 0.348 e. The molecule has 1 aromatic rings. The van der Waals surface area contributed by atoms with Crippen LogP contribution in [-0.2, 0) is 11.3 Å². The lowest BCUT2D eigenvalue weighted by atomic mass is 10.1. The van der Waals surface area contributed by atoms with Crippen LogP contribution < -0.4 is 11.1 Å². The Morgan fingerprint density at radius 1 is 1.73 bits per heavy atom. The van der Waals surface area contributed by atoms with E-state index in [1.54, 1.807) is 12.4 Å². The highest BCUT2D eigenvalue weighted by Gasteiger charge is 2.12. The summed E-state index contributed by atoms with van der Waals surface area (Å²) in [6, 6.07) is -0.403. The first kappa shape index (κ1) is 11.7. The molecule has 0 spiro atoms. The number of aromatic amines is 1. The number of imidazole rings is 1. The first-order valence-corrected chi connectivity index (χ1v) is 5.25. The van der Waals surface area contributed by atoms with Gasteiger partial charge in [0.05, 0.1) is 12.6 Å². The molecule has 0 saturated carbocycles. The van der Waals surface area contributed by atoms with Crippen LogP contribution in [0.4, 0.5) is 0 Å². The van der Waals surface area contributed by atoms with Gasteiger partial charge in [0.15, 0.2) is 0 Å². The van der Waals surface area contributed by atoms with E-state index in [0.717, 1.165) is 25.1 Å². The molecule has 0 bridgehead atoms. The number of amides is 1. The smallest absolute Gasteiger partial charge is 0.237 e. The van der Waals surface area contributed by atoms with Gasteiger partial charge in [0.2, 0.25) is 5.91 Å². The van der Waals surface area contributed by atoms with Gasteiger partial charge in [0, 0.05) is 12.4 Å². The van der Waals surface area contributed by atoms with Gasteiger partial charge in [0.1, 0.15) is 5.82 Å². The van der Waals surface area contributed by atoms with E-state index in [2.05, 4.69) is 22.2 Å². The van der Waals surface area contributed by atoms with Crippen LogP contribution in [0.3, 0.4) is 0 Å². The Morgan fingerprint density at radius 3 is 3.13 bits per heavy atom. The Bertz CT molecular complexity index is 284. The third-order valence-electron chi connectivity index (χ3n) is 2.19. The Hall–Kier alpha value is -1.36. The fourth-order valence-corrected chi connectivity index (χ4v) is 1.25. The van der Waals surface area contributed by atoms with Crippen molar-refractivity contribution in [1.29, 1.82) is 0 Å². The summed E-state index contributed by atoms with van der Waals surface area (Å²) in [5.74, 6) is 0.630. The molecule has 4 N–H and O–H groups in total. The van der Waals surface area contributed by atoms with E-state index in [0.29, 0.717) is 6.54 Å². The summed E-state index contributed by atoms with van der Waals surface area (Å²) >= 11 is 0. The predicted octanol–water partition coefficient (Wildman–Crippen LogP) is 0.543. The van der Waals surface area contributed by atoms with Gasteiger partial charge in [-0.3, -0.25) is 4.79 Å². The maximum atomic E-state index is 11.5. The SMILES string of the molecule is CCCCC(N)C(=O)NCc1ncc[nH]1. The number of hydrogen-bond acceptors (Lipinski definition) is 3. The summed E-state index contributed by atoms with van der Waals surface area (Å²) in [6.45, 7) is 2.49. The van der Waals surface area contributed by atoms with Crippen LogP contribution in [0.25, 0.3) is 0 Å². The molecular formula is C10H18N4O. The van der Waals surface area contributed by atoms with Crippen LogP contribution in [0.1, 0.15) is 32.0 Å². The number of nitrogens with two attached hydrogens (primary N) is 1. The van der Waals surface area contributed by atoms with Crippen LogP contribution in [0, 0.1) is 0 Å². The standard InChI is InChI=1S/C10H18N4O/c1-2-3-4-8(11)10(15)14-7-9-12-5-6-13-9/h5-6,8H,2-4,7,11H2,1H3,(H,12,13)(H,14,15). The second-order valence-corrected chi connectivity index (χ2v) is 3.50. The van der Waals surface area contributed by atoms with E-state index in [-0.39, 0.29) is 5.91 Å². The number of aromatic nitrogens is 2. The summed E-state index contributed by atoms with van der Waals surface area (Å²) in [5, 5.41) is 2.74. The van der Waals surface area contributed by atoms with Crippen LogP contribution in [0.2, 0.25) is 0 Å². The van der Waals surface area contributed by atoms with E-state index in [4.69, 9.17) is 5.73 Å². The molecule has 1 unspecified atom stereocenters. The number of nitrogens with zero attached hydrogens (tertiary/aromatic N) is 1. The van der Waals surface area contributed by atoms with Crippen molar-refractivity contribution in [2.45, 2.75) is 38.8 Å². The second kappa shape index (κ2) is 6.19. The highest BCUT2D eigenvalue weighted by atomic mass is 16.2. The third kappa shape index (κ3) is 4.12. The molecule has 0 saturated heterocycles. The Morgan fingerprint density at radius 2 is 2.53 bits per heavy atom. The zero-order valence-corrected chi connectivity index (χ0v) is 8.99. The van der Waals surface area contributed by atoms with E-state index >= 15 is 0 Å². The molecular weight excluding hydrogens is 192 g/mol. The minimum absolute atomic E-state index is 0.111. The summed E-state index contributed by atoms with van der Waals surface area (Å²) in [7, 11) is 0. The first-order valence-electron chi connectivity index (χ1n) is 5.25. The molecule has 0 aromatic carbocycles. The molecule has 1 amide bonds. The summed E-state index contributed by atoms with van der Waals surface area (Å²) in [5.41, 5.74) is 5.70. The van der Waals surface area contributed by atoms with Crippen molar-refractivity contribution in [1.82, 2.24) is 15.3 Å². The molecule has 1 rings (SSSR count). The zero-order chi connectivity index (χ0) is 11.1. The Labute approximate surface area is 89.5 Å². The Balaban J connectivity index is 2.23. The quantitative estimate of drug-likeness (QED) is 0.641. The number of carbonyl (C=O) groups is 1. The minimum Gasteiger partial charge on any atom is -0.348 e. The third-order valence-corrected chi connectivity index (χ3v) is 2.19. The topological polar surface area (TPSA) is 83.8 Å². The average molecular weight is 210 g/mol. The molecule has 5 nitrogen and oxygen atoms in total. The van der Waals surface area contributed by atoms with Gasteiger partial charge in [-0.05, 0) is 6.42 Å². The van der Waals surface area contributed by atoms with Gasteiger partial charge < -0.3 is 16.0 Å². The molecule has 84 valence electrons. The van der Waals surface area contributed by atoms with Crippen LogP contribution >= 0.6 is 0 Å². The highest BCUT2D eigenvalue weighted by Crippen LogP contribution is 1.98. The van der Waals surface area contributed by atoms with Crippen molar-refractivity contribution < 1.29 is 4.79 Å². The van der Waals surface area contributed by atoms with Crippen molar-refractivity contribution in [2.75, 3.05) is 0 Å². The molecule has 1 heterocycles. The van der Waals surface area contributed by atoms with Crippen molar-refractivity contribution in [2.24, 2.45) is 5.73 Å². The number of hydrogen-bond donors (Lipinski definition) is 3. The fourth-order valence-electron chi connectivity index (χ4n) is 1.25. The van der Waals surface area contributed by atoms with E-state index < -0.39 is 6.04 Å². The molecule has 0 radical (unpaired) electrons. The number of rotatable bonds is 6. The lowest BCUT2D eigenvalue weighted by Gasteiger charge is -2.10. The maximum absolute atomic E-state index is 11.5. The molecule has 0 aliphatic heterocycles. The van der Waals surface area contributed by atoms with Gasteiger partial charge in [-0.1, -0.05) is 19.8 Å². The summed E-state index contributed by atoms with van der Waals surface area (Å²) < 4.78 is 0. The van der Waals surface area contributed by atoms with Crippen LogP contribution in [0.5, 0.6) is 0 Å². The van der Waals surface area contributed by atoms with Crippen molar-refractivity contribution in [3.8, 4) is 0 Å². The van der Waals surface area contributed by atoms with Crippen molar-refractivity contribution in [3.63, 3.8) is 0 Å². The van der Waals surface area contributed by atoms with E-state index in [1.165, 1.54) is 0 Å². The van der Waals surface area contributed by atoms with Gasteiger partial charge in [0.25, 0.3) is 0 Å². The lowest BCUT2D eigenvalue weighted by Crippen LogP contribution is -2.40. The number of carbonyl (C=O) groups excluding carboxylic acids is 1. The highest BCUT2D eigenvalue weighted by molar-refractivity contribution is 5.81. The van der Waals surface area contributed by atoms with Gasteiger partial charge in [-0.2, -0.15) is 0 Å². The number of H-pyrrole nitrogens is 1.